The first-order valence-corrected chi connectivity index (χ1v) is 7.86. The molecule has 0 aromatic heterocycles. The van der Waals surface area contributed by atoms with Crippen molar-refractivity contribution < 1.29 is 9.90 Å². The van der Waals surface area contributed by atoms with Crippen LogP contribution >= 0.6 is 0 Å². The second kappa shape index (κ2) is 4.91. The Bertz CT molecular complexity index is 483. The van der Waals surface area contributed by atoms with Gasteiger partial charge in [0.1, 0.15) is 0 Å². The minimum absolute atomic E-state index is 0.0562. The zero-order chi connectivity index (χ0) is 14.2. The monoisotopic (exact) mass is 272 g/mol. The van der Waals surface area contributed by atoms with Crippen molar-refractivity contribution in [1.29, 1.82) is 0 Å². The Balaban J connectivity index is 1.88. The van der Waals surface area contributed by atoms with Crippen LogP contribution in [-0.2, 0) is 10.2 Å². The van der Waals surface area contributed by atoms with Gasteiger partial charge in [-0.2, -0.15) is 0 Å². The van der Waals surface area contributed by atoms with Crippen molar-refractivity contribution in [1.82, 2.24) is 0 Å². The summed E-state index contributed by atoms with van der Waals surface area (Å²) >= 11 is 0. The highest BCUT2D eigenvalue weighted by Crippen LogP contribution is 2.57. The Morgan fingerprint density at radius 2 is 1.70 bits per heavy atom. The third-order valence-electron chi connectivity index (χ3n) is 6.21. The average Bonchev–Trinajstić information content (AvgIpc) is 2.79. The molecule has 0 spiro atoms. The first-order chi connectivity index (χ1) is 9.58. The van der Waals surface area contributed by atoms with Crippen molar-refractivity contribution in [2.75, 3.05) is 0 Å². The summed E-state index contributed by atoms with van der Waals surface area (Å²) in [6, 6.07) is 10.9. The van der Waals surface area contributed by atoms with Crippen LogP contribution < -0.4 is 0 Å². The average molecular weight is 272 g/mol. The van der Waals surface area contributed by atoms with Gasteiger partial charge in [-0.15, -0.1) is 0 Å². The van der Waals surface area contributed by atoms with Gasteiger partial charge in [-0.1, -0.05) is 43.7 Å². The van der Waals surface area contributed by atoms with Crippen LogP contribution in [0.15, 0.2) is 30.3 Å². The maximum absolute atomic E-state index is 11.4. The fourth-order valence-corrected chi connectivity index (χ4v) is 4.64. The number of hydrogen-bond donors (Lipinski definition) is 1. The smallest absolute Gasteiger partial charge is 0.306 e. The van der Waals surface area contributed by atoms with E-state index in [9.17, 15) is 9.90 Å². The van der Waals surface area contributed by atoms with Gasteiger partial charge in [-0.3, -0.25) is 4.79 Å². The minimum atomic E-state index is -0.612. The summed E-state index contributed by atoms with van der Waals surface area (Å²) < 4.78 is 0. The van der Waals surface area contributed by atoms with Crippen molar-refractivity contribution in [3.8, 4) is 0 Å². The van der Waals surface area contributed by atoms with Crippen LogP contribution in [0.5, 0.6) is 0 Å². The number of carboxylic acids is 1. The van der Waals surface area contributed by atoms with E-state index in [0.717, 1.165) is 32.1 Å². The number of fused-ring (bicyclic) bond motifs is 4. The summed E-state index contributed by atoms with van der Waals surface area (Å²) in [5, 5.41) is 9.42. The van der Waals surface area contributed by atoms with Crippen LogP contribution in [0.1, 0.15) is 57.4 Å². The lowest BCUT2D eigenvalue weighted by Crippen LogP contribution is -2.39. The molecule has 2 bridgehead atoms. The summed E-state index contributed by atoms with van der Waals surface area (Å²) in [6.07, 6.45) is 7.97. The first-order valence-electron chi connectivity index (χ1n) is 7.86. The molecular formula is C18H24O2. The van der Waals surface area contributed by atoms with Crippen LogP contribution in [0.3, 0.4) is 0 Å². The van der Waals surface area contributed by atoms with Crippen LogP contribution in [0, 0.1) is 11.3 Å². The van der Waals surface area contributed by atoms with E-state index in [1.54, 1.807) is 0 Å². The molecule has 1 N–H and O–H groups in total. The van der Waals surface area contributed by atoms with Gasteiger partial charge in [0.25, 0.3) is 0 Å². The first kappa shape index (κ1) is 13.7. The molecule has 3 aliphatic rings. The molecule has 2 heteroatoms. The second-order valence-corrected chi connectivity index (χ2v) is 6.92. The van der Waals surface area contributed by atoms with E-state index in [-0.39, 0.29) is 11.3 Å². The van der Waals surface area contributed by atoms with Crippen molar-refractivity contribution in [3.05, 3.63) is 35.9 Å². The molecule has 20 heavy (non-hydrogen) atoms. The predicted molar refractivity (Wildman–Crippen MR) is 79.7 cm³/mol. The van der Waals surface area contributed by atoms with Gasteiger partial charge in [0.2, 0.25) is 0 Å². The molecule has 0 radical (unpaired) electrons. The maximum atomic E-state index is 11.4. The molecule has 0 amide bonds. The Hall–Kier alpha value is -1.31. The Morgan fingerprint density at radius 3 is 2.30 bits per heavy atom. The number of benzene rings is 1. The lowest BCUT2D eigenvalue weighted by atomic mass is 9.59. The highest BCUT2D eigenvalue weighted by Gasteiger charge is 2.50. The topological polar surface area (TPSA) is 37.3 Å². The molecule has 1 unspecified atom stereocenters. The second-order valence-electron chi connectivity index (χ2n) is 6.92. The van der Waals surface area contributed by atoms with E-state index in [2.05, 4.69) is 30.3 Å². The van der Waals surface area contributed by atoms with E-state index >= 15 is 0 Å². The Kier molecular flexibility index (Phi) is 3.35. The van der Waals surface area contributed by atoms with E-state index < -0.39 is 5.97 Å². The molecule has 1 atom stereocenters. The number of carbonyl (C=O) groups is 1. The fourth-order valence-electron chi connectivity index (χ4n) is 4.64. The van der Waals surface area contributed by atoms with Gasteiger partial charge in [0, 0.05) is 0 Å². The zero-order valence-electron chi connectivity index (χ0n) is 12.3. The molecule has 0 saturated heterocycles. The highest BCUT2D eigenvalue weighted by molar-refractivity contribution is 5.70. The van der Waals surface area contributed by atoms with Gasteiger partial charge in [-0.25, -0.2) is 0 Å². The minimum Gasteiger partial charge on any atom is -0.481 e. The maximum Gasteiger partial charge on any atom is 0.306 e. The molecule has 3 aliphatic carbocycles. The third-order valence-corrected chi connectivity index (χ3v) is 6.21. The number of rotatable bonds is 3. The summed E-state index contributed by atoms with van der Waals surface area (Å²) in [7, 11) is 0. The molecule has 1 aromatic rings. The van der Waals surface area contributed by atoms with E-state index in [1.165, 1.54) is 18.4 Å². The number of hydrogen-bond acceptors (Lipinski definition) is 1. The van der Waals surface area contributed by atoms with Crippen molar-refractivity contribution >= 4 is 5.97 Å². The number of aliphatic carboxylic acids is 1. The molecular weight excluding hydrogens is 248 g/mol. The van der Waals surface area contributed by atoms with Gasteiger partial charge >= 0.3 is 5.97 Å². The molecule has 4 rings (SSSR count). The highest BCUT2D eigenvalue weighted by atomic mass is 16.4. The van der Waals surface area contributed by atoms with Gasteiger partial charge in [0.05, 0.1) is 5.92 Å². The summed E-state index contributed by atoms with van der Waals surface area (Å²) in [5.41, 5.74) is 1.85. The van der Waals surface area contributed by atoms with E-state index in [0.29, 0.717) is 5.41 Å². The third kappa shape index (κ3) is 2.06. The Morgan fingerprint density at radius 1 is 1.05 bits per heavy atom. The lowest BCUT2D eigenvalue weighted by molar-refractivity contribution is -0.147. The van der Waals surface area contributed by atoms with E-state index in [4.69, 9.17) is 0 Å². The largest absolute Gasteiger partial charge is 0.481 e. The zero-order valence-corrected chi connectivity index (χ0v) is 12.3. The van der Waals surface area contributed by atoms with Crippen LogP contribution in [-0.4, -0.2) is 11.1 Å². The number of carboxylic acid groups (broad SMARTS) is 1. The van der Waals surface area contributed by atoms with E-state index in [1.807, 2.05) is 6.92 Å². The molecule has 0 aliphatic heterocycles. The van der Waals surface area contributed by atoms with Crippen LogP contribution in [0.4, 0.5) is 0 Å². The van der Waals surface area contributed by atoms with Gasteiger partial charge in [0.15, 0.2) is 0 Å². The molecule has 3 saturated carbocycles. The van der Waals surface area contributed by atoms with Gasteiger partial charge < -0.3 is 5.11 Å². The summed E-state index contributed by atoms with van der Waals surface area (Å²) in [5.74, 6) is -0.812. The van der Waals surface area contributed by atoms with Crippen molar-refractivity contribution in [2.24, 2.45) is 11.3 Å². The molecule has 2 nitrogen and oxygen atoms in total. The lowest BCUT2D eigenvalue weighted by Gasteiger charge is -2.45. The van der Waals surface area contributed by atoms with Crippen molar-refractivity contribution in [3.63, 3.8) is 0 Å². The predicted octanol–water partition coefficient (Wildman–Crippen LogP) is 4.39. The molecule has 0 heterocycles. The molecule has 1 aromatic carbocycles. The van der Waals surface area contributed by atoms with Gasteiger partial charge in [-0.05, 0) is 54.9 Å². The van der Waals surface area contributed by atoms with Crippen LogP contribution in [0.2, 0.25) is 0 Å². The summed E-state index contributed by atoms with van der Waals surface area (Å²) in [4.78, 5) is 11.4. The summed E-state index contributed by atoms with van der Waals surface area (Å²) in [6.45, 7) is 1.92. The normalized spacial score (nSPS) is 34.5. The van der Waals surface area contributed by atoms with Crippen LogP contribution in [0.25, 0.3) is 0 Å². The quantitative estimate of drug-likeness (QED) is 0.886. The molecule has 108 valence electrons. The standard InChI is InChI=1S/C18H24O2/c1-14(16(19)20)17-8-5-9-18(12-10-17,13-11-17)15-6-3-2-4-7-15/h2-4,6-7,14H,5,8-13H2,1H3,(H,19,20). The Labute approximate surface area is 121 Å². The fraction of sp³-hybridized carbons (Fsp3) is 0.611. The SMILES string of the molecule is CC(C(=O)O)C12CCCC(c3ccccc3)(CC1)CC2. The van der Waals surface area contributed by atoms with Crippen molar-refractivity contribution in [2.45, 2.75) is 57.3 Å². The molecule has 3 fully saturated rings.